The smallest absolute Gasteiger partial charge is 0.335 e. The van der Waals surface area contributed by atoms with Crippen LogP contribution in [0.3, 0.4) is 0 Å². The van der Waals surface area contributed by atoms with Crippen LogP contribution in [-0.2, 0) is 6.54 Å². The number of H-pyrrole nitrogens is 1. The number of aromatic amines is 1. The van der Waals surface area contributed by atoms with Crippen LogP contribution in [0.4, 0.5) is 0 Å². The SMILES string of the molecule is O=C(O)c1ccc2c(=O)n(Cc3ccccc3Cl)c(=S)[nH]c2c1. The number of aromatic carboxylic acids is 1. The molecule has 23 heavy (non-hydrogen) atoms. The van der Waals surface area contributed by atoms with Crippen molar-refractivity contribution < 1.29 is 9.90 Å². The van der Waals surface area contributed by atoms with Crippen molar-refractivity contribution in [3.63, 3.8) is 0 Å². The van der Waals surface area contributed by atoms with E-state index in [1.807, 2.05) is 18.2 Å². The number of carbonyl (C=O) groups is 1. The van der Waals surface area contributed by atoms with Crippen molar-refractivity contribution in [2.24, 2.45) is 0 Å². The lowest BCUT2D eigenvalue weighted by Gasteiger charge is -2.10. The first-order valence-corrected chi connectivity index (χ1v) is 7.49. The molecule has 7 heteroatoms. The van der Waals surface area contributed by atoms with Crippen molar-refractivity contribution in [1.82, 2.24) is 9.55 Å². The molecular weight excluding hydrogens is 336 g/mol. The molecular formula is C16H11ClN2O3S. The number of carboxylic acid groups (broad SMARTS) is 1. The molecule has 0 spiro atoms. The monoisotopic (exact) mass is 346 g/mol. The highest BCUT2D eigenvalue weighted by Gasteiger charge is 2.10. The number of benzene rings is 2. The molecule has 3 aromatic rings. The van der Waals surface area contributed by atoms with E-state index in [0.717, 1.165) is 5.56 Å². The summed E-state index contributed by atoms with van der Waals surface area (Å²) in [6, 6.07) is 11.5. The first-order valence-electron chi connectivity index (χ1n) is 6.71. The van der Waals surface area contributed by atoms with Crippen molar-refractivity contribution in [1.29, 1.82) is 0 Å². The molecule has 0 bridgehead atoms. The van der Waals surface area contributed by atoms with Gasteiger partial charge in [0.2, 0.25) is 0 Å². The summed E-state index contributed by atoms with van der Waals surface area (Å²) in [6.07, 6.45) is 0. The van der Waals surface area contributed by atoms with Crippen LogP contribution in [0.2, 0.25) is 5.02 Å². The summed E-state index contributed by atoms with van der Waals surface area (Å²) < 4.78 is 1.62. The summed E-state index contributed by atoms with van der Waals surface area (Å²) in [7, 11) is 0. The normalized spacial score (nSPS) is 10.8. The molecule has 0 amide bonds. The average Bonchev–Trinajstić information content (AvgIpc) is 2.52. The van der Waals surface area contributed by atoms with Crippen molar-refractivity contribution in [2.45, 2.75) is 6.54 Å². The van der Waals surface area contributed by atoms with Crippen LogP contribution < -0.4 is 5.56 Å². The van der Waals surface area contributed by atoms with Crippen LogP contribution in [-0.4, -0.2) is 20.6 Å². The van der Waals surface area contributed by atoms with Crippen LogP contribution in [0.15, 0.2) is 47.3 Å². The van der Waals surface area contributed by atoms with Crippen molar-refractivity contribution >= 4 is 40.7 Å². The summed E-state index contributed by atoms with van der Waals surface area (Å²) in [5, 5.41) is 9.95. The predicted octanol–water partition coefficient (Wildman–Crippen LogP) is 3.46. The van der Waals surface area contributed by atoms with Crippen LogP contribution >= 0.6 is 23.8 Å². The Morgan fingerprint density at radius 3 is 2.70 bits per heavy atom. The maximum absolute atomic E-state index is 12.6. The van der Waals surface area contributed by atoms with Gasteiger partial charge in [-0.3, -0.25) is 9.36 Å². The number of nitrogens with zero attached hydrogens (tertiary/aromatic N) is 1. The predicted molar refractivity (Wildman–Crippen MR) is 90.9 cm³/mol. The maximum atomic E-state index is 12.6. The summed E-state index contributed by atoms with van der Waals surface area (Å²) in [4.78, 5) is 26.6. The molecule has 1 aromatic heterocycles. The quantitative estimate of drug-likeness (QED) is 0.712. The van der Waals surface area contributed by atoms with Crippen molar-refractivity contribution in [3.8, 4) is 0 Å². The van der Waals surface area contributed by atoms with Crippen molar-refractivity contribution in [2.75, 3.05) is 0 Å². The second-order valence-corrected chi connectivity index (χ2v) is 5.77. The summed E-state index contributed by atoms with van der Waals surface area (Å²) in [5.41, 5.74) is 0.972. The highest BCUT2D eigenvalue weighted by molar-refractivity contribution is 7.71. The summed E-state index contributed by atoms with van der Waals surface area (Å²) in [5.74, 6) is -1.06. The minimum Gasteiger partial charge on any atom is -0.478 e. The molecule has 0 fully saturated rings. The molecule has 1 heterocycles. The van der Waals surface area contributed by atoms with E-state index < -0.39 is 5.97 Å². The standard InChI is InChI=1S/C16H11ClN2O3S/c17-12-4-2-1-3-10(12)8-19-14(20)11-6-5-9(15(21)22)7-13(11)18-16(19)23/h1-7H,8H2,(H,18,23)(H,21,22). The summed E-state index contributed by atoms with van der Waals surface area (Å²) >= 11 is 11.4. The maximum Gasteiger partial charge on any atom is 0.335 e. The van der Waals surface area contributed by atoms with Crippen LogP contribution in [0.25, 0.3) is 10.9 Å². The Bertz CT molecular complexity index is 1040. The minimum absolute atomic E-state index is 0.0893. The second-order valence-electron chi connectivity index (χ2n) is 4.98. The highest BCUT2D eigenvalue weighted by atomic mass is 35.5. The number of hydrogen-bond donors (Lipinski definition) is 2. The molecule has 3 rings (SSSR count). The zero-order valence-corrected chi connectivity index (χ0v) is 13.3. The second kappa shape index (κ2) is 5.98. The molecule has 0 aliphatic heterocycles. The number of halogens is 1. The van der Waals surface area contributed by atoms with E-state index in [-0.39, 0.29) is 22.4 Å². The molecule has 0 aliphatic rings. The van der Waals surface area contributed by atoms with Gasteiger partial charge in [-0.1, -0.05) is 29.8 Å². The van der Waals surface area contributed by atoms with E-state index in [9.17, 15) is 9.59 Å². The highest BCUT2D eigenvalue weighted by Crippen LogP contribution is 2.17. The Hall–Kier alpha value is -2.44. The van der Waals surface area contributed by atoms with Gasteiger partial charge in [0, 0.05) is 5.02 Å². The fraction of sp³-hybridized carbons (Fsp3) is 0.0625. The Labute approximate surface area is 140 Å². The van der Waals surface area contributed by atoms with E-state index in [1.165, 1.54) is 22.8 Å². The first kappa shape index (κ1) is 15.5. The first-order chi connectivity index (χ1) is 11.0. The third kappa shape index (κ3) is 2.91. The number of aromatic nitrogens is 2. The molecule has 0 saturated carbocycles. The van der Waals surface area contributed by atoms with Gasteiger partial charge in [-0.15, -0.1) is 0 Å². The molecule has 0 radical (unpaired) electrons. The number of carboxylic acids is 1. The Balaban J connectivity index is 2.18. The average molecular weight is 347 g/mol. The summed E-state index contributed by atoms with van der Waals surface area (Å²) in [6.45, 7) is 0.241. The van der Waals surface area contributed by atoms with Gasteiger partial charge in [0.1, 0.15) is 0 Å². The molecule has 116 valence electrons. The van der Waals surface area contributed by atoms with Gasteiger partial charge in [-0.05, 0) is 42.0 Å². The third-order valence-corrected chi connectivity index (χ3v) is 4.21. The zero-order chi connectivity index (χ0) is 16.6. The fourth-order valence-electron chi connectivity index (χ4n) is 2.33. The molecule has 0 saturated heterocycles. The third-order valence-electron chi connectivity index (χ3n) is 3.52. The lowest BCUT2D eigenvalue weighted by atomic mass is 10.1. The zero-order valence-electron chi connectivity index (χ0n) is 11.7. The molecule has 5 nitrogen and oxygen atoms in total. The Kier molecular flexibility index (Phi) is 4.02. The van der Waals surface area contributed by atoms with Crippen LogP contribution in [0.5, 0.6) is 0 Å². The minimum atomic E-state index is -1.06. The van der Waals surface area contributed by atoms with E-state index in [2.05, 4.69) is 4.98 Å². The fourth-order valence-corrected chi connectivity index (χ4v) is 2.78. The van der Waals surface area contributed by atoms with Gasteiger partial charge in [0.25, 0.3) is 5.56 Å². The molecule has 2 aromatic carbocycles. The number of rotatable bonds is 3. The molecule has 0 unspecified atom stereocenters. The van der Waals surface area contributed by atoms with Crippen molar-refractivity contribution in [3.05, 3.63) is 73.7 Å². The number of hydrogen-bond acceptors (Lipinski definition) is 3. The van der Waals surface area contributed by atoms with E-state index >= 15 is 0 Å². The van der Waals surface area contributed by atoms with Gasteiger partial charge in [-0.2, -0.15) is 0 Å². The van der Waals surface area contributed by atoms with E-state index in [1.54, 1.807) is 6.07 Å². The lowest BCUT2D eigenvalue weighted by molar-refractivity contribution is 0.0697. The van der Waals surface area contributed by atoms with E-state index in [0.29, 0.717) is 15.9 Å². The topological polar surface area (TPSA) is 75.1 Å². The van der Waals surface area contributed by atoms with Crippen LogP contribution in [0, 0.1) is 4.77 Å². The van der Waals surface area contributed by atoms with Gasteiger partial charge < -0.3 is 10.1 Å². The van der Waals surface area contributed by atoms with Crippen LogP contribution in [0.1, 0.15) is 15.9 Å². The molecule has 0 atom stereocenters. The Morgan fingerprint density at radius 2 is 2.00 bits per heavy atom. The number of fused-ring (bicyclic) bond motifs is 1. The number of nitrogens with one attached hydrogen (secondary N) is 1. The van der Waals surface area contributed by atoms with Gasteiger partial charge in [0.15, 0.2) is 4.77 Å². The van der Waals surface area contributed by atoms with Gasteiger partial charge in [0.05, 0.1) is 23.0 Å². The van der Waals surface area contributed by atoms with Gasteiger partial charge in [-0.25, -0.2) is 4.79 Å². The molecule has 0 aliphatic carbocycles. The van der Waals surface area contributed by atoms with E-state index in [4.69, 9.17) is 28.9 Å². The lowest BCUT2D eigenvalue weighted by Crippen LogP contribution is -2.23. The Morgan fingerprint density at radius 1 is 1.26 bits per heavy atom. The van der Waals surface area contributed by atoms with Gasteiger partial charge >= 0.3 is 5.97 Å². The largest absolute Gasteiger partial charge is 0.478 e. The molecule has 2 N–H and O–H groups in total.